The van der Waals surface area contributed by atoms with E-state index in [0.29, 0.717) is 9.61 Å². The molecule has 1 aromatic heterocycles. The van der Waals surface area contributed by atoms with Crippen LogP contribution in [0.3, 0.4) is 0 Å². The van der Waals surface area contributed by atoms with Crippen LogP contribution in [0, 0.1) is 6.92 Å². The lowest BCUT2D eigenvalue weighted by atomic mass is 10.2. The van der Waals surface area contributed by atoms with Gasteiger partial charge in [-0.25, -0.2) is 4.98 Å². The number of nitrogens with zero attached hydrogens (tertiary/aromatic N) is 1. The predicted molar refractivity (Wildman–Crippen MR) is 73.0 cm³/mol. The molecule has 0 N–H and O–H groups in total. The third-order valence-electron chi connectivity index (χ3n) is 2.17. The summed E-state index contributed by atoms with van der Waals surface area (Å²) < 4.78 is 29.4. The first-order valence-electron chi connectivity index (χ1n) is 5.03. The highest BCUT2D eigenvalue weighted by atomic mass is 79.9. The highest BCUT2D eigenvalue weighted by Gasteiger charge is 2.15. The lowest BCUT2D eigenvalue weighted by Crippen LogP contribution is -2.06. The number of hydrogen-bond donors (Lipinski definition) is 0. The molecule has 1 heterocycles. The molecule has 18 heavy (non-hydrogen) atoms. The molecule has 0 aliphatic heterocycles. The molecule has 0 fully saturated rings. The van der Waals surface area contributed by atoms with Gasteiger partial charge in [-0.15, -0.1) is 11.3 Å². The zero-order valence-electron chi connectivity index (χ0n) is 9.46. The van der Waals surface area contributed by atoms with E-state index in [1.807, 2.05) is 6.92 Å². The Bertz CT molecular complexity index is 635. The highest BCUT2D eigenvalue weighted by molar-refractivity contribution is 9.10. The molecule has 0 unspecified atom stereocenters. The van der Waals surface area contributed by atoms with Crippen LogP contribution in [0.5, 0.6) is 0 Å². The van der Waals surface area contributed by atoms with E-state index >= 15 is 0 Å². The third kappa shape index (κ3) is 3.38. The molecular formula is C11H10BrNO3S2. The molecule has 2 rings (SSSR count). The number of thiazole rings is 1. The molecule has 7 heteroatoms. The Balaban J connectivity index is 2.10. The minimum atomic E-state index is -3.71. The van der Waals surface area contributed by atoms with E-state index in [0.717, 1.165) is 5.56 Å². The summed E-state index contributed by atoms with van der Waals surface area (Å²) >= 11 is 4.54. The number of halogens is 1. The second-order valence-corrected chi connectivity index (χ2v) is 6.96. The summed E-state index contributed by atoms with van der Waals surface area (Å²) in [5.41, 5.74) is 0.998. The SMILES string of the molecule is Cc1ccc(S(=O)(=O)OCc2nc(Br)cs2)cc1. The Labute approximate surface area is 118 Å². The summed E-state index contributed by atoms with van der Waals surface area (Å²) in [7, 11) is -3.71. The van der Waals surface area contributed by atoms with Gasteiger partial charge >= 0.3 is 0 Å². The fourth-order valence-corrected chi connectivity index (χ4v) is 3.38. The molecule has 2 aromatic rings. The summed E-state index contributed by atoms with van der Waals surface area (Å²) in [5.74, 6) is 0. The van der Waals surface area contributed by atoms with Gasteiger partial charge < -0.3 is 0 Å². The van der Waals surface area contributed by atoms with Crippen molar-refractivity contribution in [3.05, 3.63) is 44.8 Å². The van der Waals surface area contributed by atoms with Crippen molar-refractivity contribution in [2.24, 2.45) is 0 Å². The van der Waals surface area contributed by atoms with Crippen LogP contribution in [0.25, 0.3) is 0 Å². The number of hydrogen-bond acceptors (Lipinski definition) is 5. The topological polar surface area (TPSA) is 56.3 Å². The van der Waals surface area contributed by atoms with Gasteiger partial charge in [0, 0.05) is 5.38 Å². The quantitative estimate of drug-likeness (QED) is 0.797. The number of benzene rings is 1. The summed E-state index contributed by atoms with van der Waals surface area (Å²) in [6.07, 6.45) is 0. The molecule has 1 aromatic carbocycles. The van der Waals surface area contributed by atoms with Crippen LogP contribution in [0.1, 0.15) is 10.6 Å². The van der Waals surface area contributed by atoms with E-state index in [1.54, 1.807) is 17.5 Å². The monoisotopic (exact) mass is 347 g/mol. The van der Waals surface area contributed by atoms with Crippen LogP contribution in [0.2, 0.25) is 0 Å². The van der Waals surface area contributed by atoms with Crippen LogP contribution in [-0.2, 0) is 20.9 Å². The normalized spacial score (nSPS) is 11.7. The summed E-state index contributed by atoms with van der Waals surface area (Å²) in [6, 6.07) is 6.53. The van der Waals surface area contributed by atoms with Crippen molar-refractivity contribution in [2.75, 3.05) is 0 Å². The molecule has 0 aliphatic carbocycles. The maximum Gasteiger partial charge on any atom is 0.297 e. The number of aromatic nitrogens is 1. The molecule has 0 atom stereocenters. The maximum atomic E-state index is 11.9. The van der Waals surface area contributed by atoms with Gasteiger partial charge in [0.1, 0.15) is 16.2 Å². The molecular weight excluding hydrogens is 338 g/mol. The Hall–Kier alpha value is -0.760. The molecule has 0 aliphatic rings. The van der Waals surface area contributed by atoms with E-state index in [-0.39, 0.29) is 11.5 Å². The van der Waals surface area contributed by atoms with Crippen LogP contribution >= 0.6 is 27.3 Å². The molecule has 0 bridgehead atoms. The second-order valence-electron chi connectivity index (χ2n) is 3.59. The zero-order chi connectivity index (χ0) is 13.2. The molecule has 0 saturated heterocycles. The molecule has 0 spiro atoms. The van der Waals surface area contributed by atoms with Gasteiger partial charge in [-0.3, -0.25) is 4.18 Å². The Morgan fingerprint density at radius 3 is 2.56 bits per heavy atom. The Morgan fingerprint density at radius 2 is 2.00 bits per heavy atom. The van der Waals surface area contributed by atoms with E-state index < -0.39 is 10.1 Å². The first kappa shape index (κ1) is 13.7. The van der Waals surface area contributed by atoms with E-state index in [2.05, 4.69) is 20.9 Å². The van der Waals surface area contributed by atoms with E-state index in [4.69, 9.17) is 4.18 Å². The van der Waals surface area contributed by atoms with Gasteiger partial charge in [-0.2, -0.15) is 8.42 Å². The molecule has 4 nitrogen and oxygen atoms in total. The molecule has 0 radical (unpaired) electrons. The fourth-order valence-electron chi connectivity index (χ4n) is 1.26. The van der Waals surface area contributed by atoms with Gasteiger partial charge in [-0.05, 0) is 35.0 Å². The van der Waals surface area contributed by atoms with Crippen molar-refractivity contribution in [1.82, 2.24) is 4.98 Å². The number of aryl methyl sites for hydroxylation is 1. The van der Waals surface area contributed by atoms with Crippen LogP contribution < -0.4 is 0 Å². The molecule has 0 saturated carbocycles. The minimum Gasteiger partial charge on any atom is -0.259 e. The van der Waals surface area contributed by atoms with Gasteiger partial charge in [0.25, 0.3) is 10.1 Å². The number of rotatable bonds is 4. The van der Waals surface area contributed by atoms with Crippen molar-refractivity contribution in [3.63, 3.8) is 0 Å². The molecule has 96 valence electrons. The van der Waals surface area contributed by atoms with Crippen LogP contribution in [0.15, 0.2) is 39.1 Å². The van der Waals surface area contributed by atoms with Crippen LogP contribution in [-0.4, -0.2) is 13.4 Å². The van der Waals surface area contributed by atoms with Crippen LogP contribution in [0.4, 0.5) is 0 Å². The summed E-state index contributed by atoms with van der Waals surface area (Å²) in [4.78, 5) is 4.22. The average Bonchev–Trinajstić information content (AvgIpc) is 2.73. The van der Waals surface area contributed by atoms with Gasteiger partial charge in [0.05, 0.1) is 4.90 Å². The smallest absolute Gasteiger partial charge is 0.259 e. The van der Waals surface area contributed by atoms with Crippen molar-refractivity contribution in [3.8, 4) is 0 Å². The van der Waals surface area contributed by atoms with Gasteiger partial charge in [0.2, 0.25) is 0 Å². The van der Waals surface area contributed by atoms with E-state index in [1.165, 1.54) is 23.5 Å². The zero-order valence-corrected chi connectivity index (χ0v) is 12.7. The predicted octanol–water partition coefficient (Wildman–Crippen LogP) is 3.12. The van der Waals surface area contributed by atoms with Gasteiger partial charge in [-0.1, -0.05) is 17.7 Å². The third-order valence-corrected chi connectivity index (χ3v) is 4.98. The van der Waals surface area contributed by atoms with E-state index in [9.17, 15) is 8.42 Å². The first-order valence-corrected chi connectivity index (χ1v) is 8.11. The minimum absolute atomic E-state index is 0.0491. The first-order chi connectivity index (χ1) is 8.47. The summed E-state index contributed by atoms with van der Waals surface area (Å²) in [6.45, 7) is 1.84. The standard InChI is InChI=1S/C11H10BrNO3S2/c1-8-2-4-9(5-3-8)18(14,15)16-6-11-13-10(12)7-17-11/h2-5,7H,6H2,1H3. The second kappa shape index (κ2) is 5.48. The lowest BCUT2D eigenvalue weighted by molar-refractivity contribution is 0.307. The summed E-state index contributed by atoms with van der Waals surface area (Å²) in [5, 5.41) is 2.38. The average molecular weight is 348 g/mol. The lowest BCUT2D eigenvalue weighted by Gasteiger charge is -2.04. The molecule has 0 amide bonds. The fraction of sp³-hybridized carbons (Fsp3) is 0.182. The van der Waals surface area contributed by atoms with Crippen molar-refractivity contribution in [1.29, 1.82) is 0 Å². The Morgan fingerprint density at radius 1 is 1.33 bits per heavy atom. The van der Waals surface area contributed by atoms with Crippen molar-refractivity contribution >= 4 is 37.4 Å². The van der Waals surface area contributed by atoms with Gasteiger partial charge in [0.15, 0.2) is 0 Å². The highest BCUT2D eigenvalue weighted by Crippen LogP contribution is 2.19. The van der Waals surface area contributed by atoms with Crippen molar-refractivity contribution < 1.29 is 12.6 Å². The van der Waals surface area contributed by atoms with Crippen molar-refractivity contribution in [2.45, 2.75) is 18.4 Å². The maximum absolute atomic E-state index is 11.9. The Kier molecular flexibility index (Phi) is 4.16. The largest absolute Gasteiger partial charge is 0.297 e.